The van der Waals surface area contributed by atoms with Crippen molar-refractivity contribution in [1.82, 2.24) is 9.88 Å². The Labute approximate surface area is 147 Å². The molecule has 1 fully saturated rings. The predicted octanol–water partition coefficient (Wildman–Crippen LogP) is 3.33. The molecule has 0 unspecified atom stereocenters. The number of nitrogens with zero attached hydrogens (tertiary/aromatic N) is 2. The van der Waals surface area contributed by atoms with Crippen LogP contribution < -0.4 is 5.32 Å². The van der Waals surface area contributed by atoms with E-state index in [0.717, 1.165) is 24.4 Å². The summed E-state index contributed by atoms with van der Waals surface area (Å²) in [5.74, 6) is 1.21. The third-order valence-electron chi connectivity index (χ3n) is 5.07. The van der Waals surface area contributed by atoms with E-state index in [1.165, 1.54) is 12.8 Å². The summed E-state index contributed by atoms with van der Waals surface area (Å²) in [6.45, 7) is 6.54. The van der Waals surface area contributed by atoms with Crippen molar-refractivity contribution in [2.24, 2.45) is 0 Å². The van der Waals surface area contributed by atoms with Crippen LogP contribution >= 0.6 is 0 Å². The summed E-state index contributed by atoms with van der Waals surface area (Å²) in [7, 11) is 0. The molecule has 6 nitrogen and oxygen atoms in total. The van der Waals surface area contributed by atoms with Crippen LogP contribution in [0.15, 0.2) is 35.1 Å². The Morgan fingerprint density at radius 3 is 2.84 bits per heavy atom. The average molecular weight is 341 g/mol. The number of hydrogen-bond acceptors (Lipinski definition) is 6. The van der Waals surface area contributed by atoms with Gasteiger partial charge in [-0.3, -0.25) is 4.90 Å². The number of carbonyl (C=O) groups is 1. The van der Waals surface area contributed by atoms with Crippen molar-refractivity contribution in [2.75, 3.05) is 25.0 Å². The number of ether oxygens (including phenoxy) is 1. The zero-order chi connectivity index (χ0) is 17.4. The molecule has 0 aliphatic carbocycles. The second kappa shape index (κ2) is 6.19. The Morgan fingerprint density at radius 2 is 2.12 bits per heavy atom. The lowest BCUT2D eigenvalue weighted by Crippen LogP contribution is -2.31. The molecule has 1 saturated heterocycles. The molecule has 0 amide bonds. The fraction of sp³-hybridized carbons (Fsp3) is 0.474. The van der Waals surface area contributed by atoms with E-state index in [0.29, 0.717) is 17.9 Å². The van der Waals surface area contributed by atoms with Crippen molar-refractivity contribution < 1.29 is 13.9 Å². The molecular formula is C19H23N3O3. The number of esters is 1. The molecule has 0 saturated carbocycles. The Hall–Kier alpha value is -2.34. The van der Waals surface area contributed by atoms with E-state index < -0.39 is 5.60 Å². The number of aromatic nitrogens is 1. The second-order valence-corrected chi connectivity index (χ2v) is 7.14. The van der Waals surface area contributed by atoms with Crippen LogP contribution in [0.25, 0.3) is 0 Å². The van der Waals surface area contributed by atoms with Gasteiger partial charge in [0.2, 0.25) is 0 Å². The highest BCUT2D eigenvalue weighted by Crippen LogP contribution is 2.38. The fourth-order valence-corrected chi connectivity index (χ4v) is 3.78. The van der Waals surface area contributed by atoms with Crippen LogP contribution in [0.3, 0.4) is 0 Å². The molecule has 6 heteroatoms. The third kappa shape index (κ3) is 2.91. The van der Waals surface area contributed by atoms with Crippen LogP contribution in [0.5, 0.6) is 0 Å². The SMILES string of the molecule is CC1(C)OC(=O)c2c1ccnc2NC[C@@H](c1ccco1)N1CCCC1. The molecule has 2 aliphatic rings. The van der Waals surface area contributed by atoms with Crippen LogP contribution in [0.4, 0.5) is 5.82 Å². The van der Waals surface area contributed by atoms with E-state index in [4.69, 9.17) is 9.15 Å². The summed E-state index contributed by atoms with van der Waals surface area (Å²) in [5.41, 5.74) is 0.819. The quantitative estimate of drug-likeness (QED) is 0.842. The lowest BCUT2D eigenvalue weighted by Gasteiger charge is -2.26. The first-order valence-electron chi connectivity index (χ1n) is 8.80. The van der Waals surface area contributed by atoms with Crippen LogP contribution in [0.2, 0.25) is 0 Å². The van der Waals surface area contributed by atoms with Gasteiger partial charge in [0.15, 0.2) is 0 Å². The van der Waals surface area contributed by atoms with Gasteiger partial charge in [-0.05, 0) is 58.0 Å². The molecule has 0 spiro atoms. The first kappa shape index (κ1) is 16.1. The molecule has 0 bridgehead atoms. The maximum absolute atomic E-state index is 12.3. The zero-order valence-corrected chi connectivity index (χ0v) is 14.6. The van der Waals surface area contributed by atoms with Gasteiger partial charge in [0, 0.05) is 18.3 Å². The first-order valence-corrected chi connectivity index (χ1v) is 8.80. The van der Waals surface area contributed by atoms with Crippen molar-refractivity contribution in [3.63, 3.8) is 0 Å². The molecule has 2 aliphatic heterocycles. The second-order valence-electron chi connectivity index (χ2n) is 7.14. The fourth-order valence-electron chi connectivity index (χ4n) is 3.78. The Kier molecular flexibility index (Phi) is 4.00. The number of anilines is 1. The van der Waals surface area contributed by atoms with Crippen molar-refractivity contribution in [1.29, 1.82) is 0 Å². The normalized spacial score (nSPS) is 20.3. The third-order valence-corrected chi connectivity index (χ3v) is 5.07. The number of nitrogens with one attached hydrogen (secondary N) is 1. The van der Waals surface area contributed by atoms with Gasteiger partial charge in [-0.1, -0.05) is 0 Å². The van der Waals surface area contributed by atoms with Crippen molar-refractivity contribution in [3.8, 4) is 0 Å². The van der Waals surface area contributed by atoms with Gasteiger partial charge in [0.1, 0.15) is 22.7 Å². The smallest absolute Gasteiger partial charge is 0.343 e. The Bertz CT molecular complexity index is 764. The van der Waals surface area contributed by atoms with Crippen LogP contribution in [0.1, 0.15) is 54.4 Å². The van der Waals surface area contributed by atoms with E-state index >= 15 is 0 Å². The Balaban J connectivity index is 1.58. The number of rotatable bonds is 5. The number of hydrogen-bond donors (Lipinski definition) is 1. The molecule has 4 heterocycles. The topological polar surface area (TPSA) is 67.6 Å². The van der Waals surface area contributed by atoms with E-state index in [1.54, 1.807) is 12.5 Å². The van der Waals surface area contributed by atoms with Gasteiger partial charge in [0.05, 0.1) is 12.3 Å². The van der Waals surface area contributed by atoms with Crippen molar-refractivity contribution >= 4 is 11.8 Å². The number of fused-ring (bicyclic) bond motifs is 1. The molecule has 132 valence electrons. The number of furan rings is 1. The van der Waals surface area contributed by atoms with Crippen LogP contribution in [0, 0.1) is 0 Å². The minimum absolute atomic E-state index is 0.126. The first-order chi connectivity index (χ1) is 12.1. The number of carbonyl (C=O) groups excluding carboxylic acids is 1. The largest absolute Gasteiger partial charge is 0.468 e. The summed E-state index contributed by atoms with van der Waals surface area (Å²) in [6, 6.07) is 5.90. The van der Waals surface area contributed by atoms with E-state index in [-0.39, 0.29) is 12.0 Å². The van der Waals surface area contributed by atoms with Gasteiger partial charge in [-0.2, -0.15) is 0 Å². The number of likely N-dealkylation sites (tertiary alicyclic amines) is 1. The lowest BCUT2D eigenvalue weighted by atomic mass is 9.97. The van der Waals surface area contributed by atoms with Gasteiger partial charge in [-0.15, -0.1) is 0 Å². The van der Waals surface area contributed by atoms with E-state index in [9.17, 15) is 4.79 Å². The molecule has 1 atom stereocenters. The zero-order valence-electron chi connectivity index (χ0n) is 14.6. The summed E-state index contributed by atoms with van der Waals surface area (Å²) in [6.07, 6.45) is 5.84. The molecule has 0 radical (unpaired) electrons. The van der Waals surface area contributed by atoms with Gasteiger partial charge in [0.25, 0.3) is 0 Å². The molecule has 2 aromatic rings. The average Bonchev–Trinajstić information content (AvgIpc) is 3.31. The van der Waals surface area contributed by atoms with Crippen LogP contribution in [-0.2, 0) is 10.3 Å². The highest BCUT2D eigenvalue weighted by atomic mass is 16.6. The molecule has 1 N–H and O–H groups in total. The number of cyclic esters (lactones) is 1. The van der Waals surface area contributed by atoms with Gasteiger partial charge < -0.3 is 14.5 Å². The molecule has 0 aromatic carbocycles. The monoisotopic (exact) mass is 341 g/mol. The highest BCUT2D eigenvalue weighted by Gasteiger charge is 2.40. The minimum Gasteiger partial charge on any atom is -0.468 e. The highest BCUT2D eigenvalue weighted by molar-refractivity contribution is 5.99. The van der Waals surface area contributed by atoms with Crippen LogP contribution in [-0.4, -0.2) is 35.5 Å². The maximum Gasteiger partial charge on any atom is 0.343 e. The van der Waals surface area contributed by atoms with Gasteiger partial charge in [-0.25, -0.2) is 9.78 Å². The standard InChI is InChI=1S/C19H23N3O3/c1-19(2)13-7-8-20-17(16(13)18(23)25-19)21-12-14(15-6-5-11-24-15)22-9-3-4-10-22/h5-8,11,14H,3-4,9-10,12H2,1-2H3,(H,20,21)/t14-/m0/s1. The van der Waals surface area contributed by atoms with Gasteiger partial charge >= 0.3 is 5.97 Å². The predicted molar refractivity (Wildman–Crippen MR) is 93.4 cm³/mol. The molecule has 2 aromatic heterocycles. The maximum atomic E-state index is 12.3. The molecule has 4 rings (SSSR count). The lowest BCUT2D eigenvalue weighted by molar-refractivity contribution is 0.00958. The van der Waals surface area contributed by atoms with Crippen molar-refractivity contribution in [3.05, 3.63) is 47.5 Å². The number of pyridine rings is 1. The molecular weight excluding hydrogens is 318 g/mol. The molecule has 25 heavy (non-hydrogen) atoms. The summed E-state index contributed by atoms with van der Waals surface area (Å²) >= 11 is 0. The van der Waals surface area contributed by atoms with Crippen molar-refractivity contribution in [2.45, 2.75) is 38.3 Å². The van der Waals surface area contributed by atoms with E-state index in [2.05, 4.69) is 15.2 Å². The summed E-state index contributed by atoms with van der Waals surface area (Å²) < 4.78 is 11.1. The van der Waals surface area contributed by atoms with E-state index in [1.807, 2.05) is 32.0 Å². The summed E-state index contributed by atoms with van der Waals surface area (Å²) in [5, 5.41) is 3.36. The summed E-state index contributed by atoms with van der Waals surface area (Å²) in [4.78, 5) is 19.1. The Morgan fingerprint density at radius 1 is 1.32 bits per heavy atom. The minimum atomic E-state index is -0.610.